The third kappa shape index (κ3) is 5.47. The fourth-order valence-electron chi connectivity index (χ4n) is 6.23. The summed E-state index contributed by atoms with van der Waals surface area (Å²) < 4.78 is 59.0. The number of anilines is 1. The normalized spacial score (nSPS) is 23.0. The van der Waals surface area contributed by atoms with Crippen LogP contribution in [0.2, 0.25) is 0 Å². The minimum atomic E-state index is -1.98. The zero-order chi connectivity index (χ0) is 31.8. The monoisotopic (exact) mass is 639 g/mol. The van der Waals surface area contributed by atoms with Gasteiger partial charge in [0.1, 0.15) is 18.5 Å². The summed E-state index contributed by atoms with van der Waals surface area (Å²) in [6.07, 6.45) is -1.59. The SMILES string of the molecule is COCCOCN1C(=O)N(COCCOC)C(=O)C2(Cc3cc(-c4nnc(C)s4)c(F)c(F)c3N3C[C@H](C)O[C@H](C)C32)C1=O. The van der Waals surface area contributed by atoms with Crippen molar-refractivity contribution in [1.29, 1.82) is 0 Å². The topological polar surface area (TPSA) is 133 Å². The number of rotatable bonds is 11. The number of carbonyl (C=O) groups is 3. The molecule has 0 bridgehead atoms. The summed E-state index contributed by atoms with van der Waals surface area (Å²) in [5.74, 6) is -3.90. The van der Waals surface area contributed by atoms with Crippen LogP contribution >= 0.6 is 11.3 Å². The molecule has 240 valence electrons. The lowest BCUT2D eigenvalue weighted by atomic mass is 9.65. The Kier molecular flexibility index (Phi) is 9.58. The van der Waals surface area contributed by atoms with Gasteiger partial charge in [0.05, 0.1) is 55.9 Å². The van der Waals surface area contributed by atoms with Crippen molar-refractivity contribution in [2.75, 3.05) is 65.6 Å². The molecule has 3 atom stereocenters. The zero-order valence-corrected chi connectivity index (χ0v) is 25.9. The lowest BCUT2D eigenvalue weighted by Gasteiger charge is -2.57. The first kappa shape index (κ1) is 32.2. The molecular formula is C28H35F2N5O8S. The molecule has 0 N–H and O–H groups in total. The van der Waals surface area contributed by atoms with Gasteiger partial charge in [0, 0.05) is 27.2 Å². The highest BCUT2D eigenvalue weighted by Crippen LogP contribution is 2.51. The molecule has 5 rings (SSSR count). The quantitative estimate of drug-likeness (QED) is 0.265. The van der Waals surface area contributed by atoms with Gasteiger partial charge in [0.25, 0.3) is 11.8 Å². The summed E-state index contributed by atoms with van der Waals surface area (Å²) in [5.41, 5.74) is -1.97. The van der Waals surface area contributed by atoms with Gasteiger partial charge in [0.2, 0.25) is 0 Å². The first-order chi connectivity index (χ1) is 21.1. The van der Waals surface area contributed by atoms with Crippen LogP contribution in [0.4, 0.5) is 19.3 Å². The van der Waals surface area contributed by atoms with Crippen LogP contribution in [0.15, 0.2) is 6.07 Å². The second-order valence-corrected chi connectivity index (χ2v) is 12.1. The van der Waals surface area contributed by atoms with E-state index in [9.17, 15) is 14.4 Å². The average molecular weight is 640 g/mol. The maximum Gasteiger partial charge on any atom is 0.337 e. The van der Waals surface area contributed by atoms with Gasteiger partial charge in [-0.25, -0.2) is 23.4 Å². The molecule has 1 aromatic heterocycles. The Morgan fingerprint density at radius 2 is 1.59 bits per heavy atom. The molecule has 1 aromatic carbocycles. The molecule has 1 unspecified atom stereocenters. The van der Waals surface area contributed by atoms with E-state index in [1.807, 2.05) is 0 Å². The number of imide groups is 2. The molecule has 4 amide bonds. The maximum absolute atomic E-state index is 16.1. The van der Waals surface area contributed by atoms with Gasteiger partial charge in [-0.15, -0.1) is 10.2 Å². The first-order valence-corrected chi connectivity index (χ1v) is 14.9. The summed E-state index contributed by atoms with van der Waals surface area (Å²) in [7, 11) is 2.96. The lowest BCUT2D eigenvalue weighted by Crippen LogP contribution is -2.76. The average Bonchev–Trinajstić information content (AvgIpc) is 3.42. The Bertz CT molecular complexity index is 1390. The van der Waals surface area contributed by atoms with E-state index in [0.717, 1.165) is 21.1 Å². The fourth-order valence-corrected chi connectivity index (χ4v) is 6.93. The zero-order valence-electron chi connectivity index (χ0n) is 25.1. The second-order valence-electron chi connectivity index (χ2n) is 10.9. The van der Waals surface area contributed by atoms with Crippen molar-refractivity contribution in [2.45, 2.75) is 45.4 Å². The Morgan fingerprint density at radius 3 is 2.14 bits per heavy atom. The number of methoxy groups -OCH3 is 2. The number of hydrogen-bond acceptors (Lipinski definition) is 12. The largest absolute Gasteiger partial charge is 0.382 e. The number of carbonyl (C=O) groups excluding carboxylic acids is 3. The molecule has 0 aliphatic carbocycles. The molecule has 1 spiro atoms. The molecule has 0 radical (unpaired) electrons. The van der Waals surface area contributed by atoms with Crippen molar-refractivity contribution in [1.82, 2.24) is 20.0 Å². The van der Waals surface area contributed by atoms with Crippen LogP contribution in [-0.2, 0) is 39.7 Å². The van der Waals surface area contributed by atoms with Gasteiger partial charge in [-0.3, -0.25) is 9.59 Å². The molecule has 13 nitrogen and oxygen atoms in total. The predicted octanol–water partition coefficient (Wildman–Crippen LogP) is 2.35. The van der Waals surface area contributed by atoms with Crippen molar-refractivity contribution in [2.24, 2.45) is 5.41 Å². The van der Waals surface area contributed by atoms with Crippen LogP contribution in [0.1, 0.15) is 24.4 Å². The second kappa shape index (κ2) is 13.1. The van der Waals surface area contributed by atoms with Gasteiger partial charge < -0.3 is 28.6 Å². The molecule has 2 aromatic rings. The summed E-state index contributed by atoms with van der Waals surface area (Å²) in [6, 6.07) is -0.608. The first-order valence-electron chi connectivity index (χ1n) is 14.1. The van der Waals surface area contributed by atoms with Gasteiger partial charge in [-0.2, -0.15) is 0 Å². The van der Waals surface area contributed by atoms with Crippen molar-refractivity contribution in [3.05, 3.63) is 28.3 Å². The van der Waals surface area contributed by atoms with Gasteiger partial charge >= 0.3 is 6.03 Å². The summed E-state index contributed by atoms with van der Waals surface area (Å²) in [5, 5.41) is 8.62. The number of aromatic nitrogens is 2. The van der Waals surface area contributed by atoms with E-state index in [0.29, 0.717) is 5.01 Å². The number of barbiturate groups is 1. The standard InChI is InChI=1S/C28H35F2N5O8S/c1-15-12-33-22-18(10-19(20(29)21(22)30)24-32-31-17(3)44-24)11-28(23(33)16(2)43-15)25(36)34(13-41-8-6-39-4)27(38)35(26(28)37)14-42-9-7-40-5/h10,15-16,23H,6-9,11-14H2,1-5H3/t15-,16+,23?/m0/s1. The molecule has 3 aliphatic heterocycles. The number of morpholine rings is 1. The Labute approximate surface area is 256 Å². The van der Waals surface area contributed by atoms with Crippen molar-refractivity contribution >= 4 is 34.9 Å². The van der Waals surface area contributed by atoms with Crippen LogP contribution in [0.3, 0.4) is 0 Å². The summed E-state index contributed by atoms with van der Waals surface area (Å²) in [6.45, 7) is 4.79. The van der Waals surface area contributed by atoms with E-state index in [2.05, 4.69) is 10.2 Å². The van der Waals surface area contributed by atoms with Crippen LogP contribution in [-0.4, -0.2) is 117 Å². The van der Waals surface area contributed by atoms with E-state index in [4.69, 9.17) is 23.7 Å². The smallest absolute Gasteiger partial charge is 0.337 e. The maximum atomic E-state index is 16.1. The van der Waals surface area contributed by atoms with E-state index in [1.54, 1.807) is 20.8 Å². The van der Waals surface area contributed by atoms with Crippen LogP contribution in [0.25, 0.3) is 10.6 Å². The Morgan fingerprint density at radius 1 is 0.977 bits per heavy atom. The third-order valence-electron chi connectivity index (χ3n) is 7.98. The van der Waals surface area contributed by atoms with Crippen LogP contribution < -0.4 is 4.90 Å². The number of nitrogens with zero attached hydrogens (tertiary/aromatic N) is 5. The van der Waals surface area contributed by atoms with Crippen molar-refractivity contribution in [3.8, 4) is 10.6 Å². The lowest BCUT2D eigenvalue weighted by molar-refractivity contribution is -0.174. The van der Waals surface area contributed by atoms with Gasteiger partial charge in [0.15, 0.2) is 22.1 Å². The van der Waals surface area contributed by atoms with E-state index >= 15 is 8.78 Å². The van der Waals surface area contributed by atoms with Crippen molar-refractivity contribution in [3.63, 3.8) is 0 Å². The van der Waals surface area contributed by atoms with E-state index in [1.165, 1.54) is 25.2 Å². The minimum absolute atomic E-state index is 0.0561. The molecule has 16 heteroatoms. The predicted molar refractivity (Wildman–Crippen MR) is 152 cm³/mol. The number of benzene rings is 1. The fraction of sp³-hybridized carbons (Fsp3) is 0.607. The molecule has 2 saturated heterocycles. The highest BCUT2D eigenvalue weighted by Gasteiger charge is 2.67. The molecule has 4 heterocycles. The molecule has 2 fully saturated rings. The van der Waals surface area contributed by atoms with Gasteiger partial charge in [-0.05, 0) is 32.4 Å². The number of urea groups is 1. The number of fused-ring (bicyclic) bond motifs is 4. The number of halogens is 2. The van der Waals surface area contributed by atoms with E-state index < -0.39 is 66.6 Å². The summed E-state index contributed by atoms with van der Waals surface area (Å²) >= 11 is 1.08. The number of aryl methyl sites for hydroxylation is 1. The summed E-state index contributed by atoms with van der Waals surface area (Å²) in [4.78, 5) is 45.9. The highest BCUT2D eigenvalue weighted by molar-refractivity contribution is 7.14. The Balaban J connectivity index is 1.66. The third-order valence-corrected chi connectivity index (χ3v) is 8.85. The van der Waals surface area contributed by atoms with Crippen LogP contribution in [0.5, 0.6) is 0 Å². The van der Waals surface area contributed by atoms with Crippen molar-refractivity contribution < 1.29 is 46.8 Å². The number of hydrogen-bond donors (Lipinski definition) is 0. The number of amides is 4. The van der Waals surface area contributed by atoms with Crippen LogP contribution in [0, 0.1) is 24.0 Å². The molecule has 3 aliphatic rings. The molecule has 0 saturated carbocycles. The molecule has 44 heavy (non-hydrogen) atoms. The van der Waals surface area contributed by atoms with Gasteiger partial charge in [-0.1, -0.05) is 11.3 Å². The molecular weight excluding hydrogens is 604 g/mol. The minimum Gasteiger partial charge on any atom is -0.382 e. The number of ether oxygens (including phenoxy) is 5. The van der Waals surface area contributed by atoms with E-state index in [-0.39, 0.29) is 61.2 Å². The Hall–Kier alpha value is -3.15. The highest BCUT2D eigenvalue weighted by atomic mass is 32.1.